The van der Waals surface area contributed by atoms with Gasteiger partial charge in [0, 0.05) is 25.6 Å². The van der Waals surface area contributed by atoms with E-state index in [1.165, 1.54) is 18.2 Å². The van der Waals surface area contributed by atoms with Crippen LogP contribution in [0.3, 0.4) is 0 Å². The molecular weight excluding hydrogens is 331 g/mol. The van der Waals surface area contributed by atoms with E-state index < -0.39 is 29.5 Å². The van der Waals surface area contributed by atoms with Gasteiger partial charge in [-0.1, -0.05) is 48.5 Å². The third-order valence-electron chi connectivity index (χ3n) is 4.63. The molecule has 1 saturated heterocycles. The Kier molecular flexibility index (Phi) is 4.81. The molecule has 0 spiro atoms. The Balaban J connectivity index is 1.89. The molecule has 6 heteroatoms. The van der Waals surface area contributed by atoms with Crippen molar-refractivity contribution in [1.29, 1.82) is 0 Å². The highest BCUT2D eigenvalue weighted by molar-refractivity contribution is 5.72. The minimum atomic E-state index is -4.49. The molecule has 1 heterocycles. The predicted molar refractivity (Wildman–Crippen MR) is 87.0 cm³/mol. The fourth-order valence-electron chi connectivity index (χ4n) is 3.50. The maximum atomic E-state index is 13.3. The van der Waals surface area contributed by atoms with Crippen LogP contribution >= 0.6 is 0 Å². The van der Waals surface area contributed by atoms with E-state index >= 15 is 0 Å². The zero-order chi connectivity index (χ0) is 18.0. The Bertz CT molecular complexity index is 746. The maximum absolute atomic E-state index is 13.3. The van der Waals surface area contributed by atoms with E-state index in [1.54, 1.807) is 0 Å². The summed E-state index contributed by atoms with van der Waals surface area (Å²) >= 11 is 0. The molecule has 25 heavy (non-hydrogen) atoms. The number of halogens is 3. The van der Waals surface area contributed by atoms with Gasteiger partial charge in [0.2, 0.25) is 0 Å². The molecule has 0 saturated carbocycles. The Labute approximate surface area is 143 Å². The number of carboxylic acids is 1. The number of hydrogen-bond donors (Lipinski definition) is 1. The SMILES string of the molecule is O=C(O)[C@@H]1CN(Cc2ccccc2)C[C@H]1c1ccccc1C(F)(F)F. The molecule has 0 aliphatic carbocycles. The second-order valence-corrected chi connectivity index (χ2v) is 6.32. The zero-order valence-electron chi connectivity index (χ0n) is 13.4. The molecule has 0 bridgehead atoms. The minimum Gasteiger partial charge on any atom is -0.481 e. The summed E-state index contributed by atoms with van der Waals surface area (Å²) in [5.74, 6) is -2.59. The van der Waals surface area contributed by atoms with Crippen molar-refractivity contribution in [2.45, 2.75) is 18.6 Å². The van der Waals surface area contributed by atoms with Crippen LogP contribution in [0.2, 0.25) is 0 Å². The number of likely N-dealkylation sites (tertiary alicyclic amines) is 1. The summed E-state index contributed by atoms with van der Waals surface area (Å²) in [6.45, 7) is 1.05. The normalized spacial score (nSPS) is 21.4. The number of rotatable bonds is 4. The number of alkyl halides is 3. The van der Waals surface area contributed by atoms with Crippen molar-refractivity contribution < 1.29 is 23.1 Å². The van der Waals surface area contributed by atoms with Gasteiger partial charge in [0.1, 0.15) is 0 Å². The first-order valence-corrected chi connectivity index (χ1v) is 8.01. The van der Waals surface area contributed by atoms with Gasteiger partial charge in [-0.25, -0.2) is 0 Å². The van der Waals surface area contributed by atoms with Gasteiger partial charge in [0.25, 0.3) is 0 Å². The molecule has 1 N–H and O–H groups in total. The molecule has 2 atom stereocenters. The highest BCUT2D eigenvalue weighted by atomic mass is 19.4. The first-order valence-electron chi connectivity index (χ1n) is 8.01. The van der Waals surface area contributed by atoms with Crippen LogP contribution in [0.25, 0.3) is 0 Å². The monoisotopic (exact) mass is 349 g/mol. The van der Waals surface area contributed by atoms with Crippen molar-refractivity contribution in [3.8, 4) is 0 Å². The lowest BCUT2D eigenvalue weighted by atomic mass is 9.86. The number of carboxylic acid groups (broad SMARTS) is 1. The quantitative estimate of drug-likeness (QED) is 0.907. The highest BCUT2D eigenvalue weighted by Crippen LogP contribution is 2.41. The van der Waals surface area contributed by atoms with Gasteiger partial charge in [0.05, 0.1) is 11.5 Å². The summed E-state index contributed by atoms with van der Waals surface area (Å²) in [6, 6.07) is 14.8. The summed E-state index contributed by atoms with van der Waals surface area (Å²) in [4.78, 5) is 13.5. The zero-order valence-corrected chi connectivity index (χ0v) is 13.4. The summed E-state index contributed by atoms with van der Waals surface area (Å²) in [5, 5.41) is 9.51. The summed E-state index contributed by atoms with van der Waals surface area (Å²) in [6.07, 6.45) is -4.49. The van der Waals surface area contributed by atoms with E-state index in [0.717, 1.165) is 11.6 Å². The molecular formula is C19H18F3NO2. The number of nitrogens with zero attached hydrogens (tertiary/aromatic N) is 1. The van der Waals surface area contributed by atoms with Crippen molar-refractivity contribution in [3.63, 3.8) is 0 Å². The molecule has 0 amide bonds. The van der Waals surface area contributed by atoms with E-state index in [2.05, 4.69) is 0 Å². The Hall–Kier alpha value is -2.34. The van der Waals surface area contributed by atoms with Gasteiger partial charge < -0.3 is 5.11 Å². The van der Waals surface area contributed by atoms with Crippen LogP contribution in [0, 0.1) is 5.92 Å². The van der Waals surface area contributed by atoms with Crippen LogP contribution in [0.4, 0.5) is 13.2 Å². The van der Waals surface area contributed by atoms with E-state index in [1.807, 2.05) is 35.2 Å². The van der Waals surface area contributed by atoms with Crippen LogP contribution in [0.15, 0.2) is 54.6 Å². The number of hydrogen-bond acceptors (Lipinski definition) is 2. The molecule has 1 aliphatic heterocycles. The lowest BCUT2D eigenvalue weighted by Crippen LogP contribution is -2.23. The molecule has 1 fully saturated rings. The van der Waals surface area contributed by atoms with Gasteiger partial charge >= 0.3 is 12.1 Å². The van der Waals surface area contributed by atoms with E-state index in [4.69, 9.17) is 0 Å². The molecule has 132 valence electrons. The fraction of sp³-hybridized carbons (Fsp3) is 0.316. The van der Waals surface area contributed by atoms with E-state index in [9.17, 15) is 23.1 Å². The first kappa shape index (κ1) is 17.5. The van der Waals surface area contributed by atoms with Gasteiger partial charge in [-0.3, -0.25) is 9.69 Å². The Morgan fingerprint density at radius 1 is 1.04 bits per heavy atom. The lowest BCUT2D eigenvalue weighted by Gasteiger charge is -2.20. The smallest absolute Gasteiger partial charge is 0.416 e. The van der Waals surface area contributed by atoms with Gasteiger partial charge in [0.15, 0.2) is 0 Å². The average Bonchev–Trinajstić information content (AvgIpc) is 2.99. The van der Waals surface area contributed by atoms with Crippen LogP contribution in [-0.2, 0) is 17.5 Å². The van der Waals surface area contributed by atoms with Crippen molar-refractivity contribution in [2.24, 2.45) is 5.92 Å². The number of benzene rings is 2. The Morgan fingerprint density at radius 3 is 2.32 bits per heavy atom. The molecule has 1 aliphatic rings. The van der Waals surface area contributed by atoms with Crippen molar-refractivity contribution in [2.75, 3.05) is 13.1 Å². The van der Waals surface area contributed by atoms with Crippen molar-refractivity contribution in [3.05, 3.63) is 71.3 Å². The third-order valence-corrected chi connectivity index (χ3v) is 4.63. The Morgan fingerprint density at radius 2 is 1.68 bits per heavy atom. The third kappa shape index (κ3) is 3.85. The van der Waals surface area contributed by atoms with E-state index in [-0.39, 0.29) is 12.1 Å². The molecule has 0 radical (unpaired) electrons. The van der Waals surface area contributed by atoms with Crippen LogP contribution in [0.1, 0.15) is 22.6 Å². The summed E-state index contributed by atoms with van der Waals surface area (Å²) in [5.41, 5.74) is 0.335. The molecule has 3 rings (SSSR count). The summed E-state index contributed by atoms with van der Waals surface area (Å²) in [7, 11) is 0. The van der Waals surface area contributed by atoms with E-state index in [0.29, 0.717) is 13.1 Å². The average molecular weight is 349 g/mol. The molecule has 2 aromatic carbocycles. The molecule has 3 nitrogen and oxygen atoms in total. The van der Waals surface area contributed by atoms with Crippen molar-refractivity contribution >= 4 is 5.97 Å². The van der Waals surface area contributed by atoms with Gasteiger partial charge in [-0.2, -0.15) is 13.2 Å². The number of aliphatic carboxylic acids is 1. The fourth-order valence-corrected chi connectivity index (χ4v) is 3.50. The second kappa shape index (κ2) is 6.88. The maximum Gasteiger partial charge on any atom is 0.416 e. The van der Waals surface area contributed by atoms with Gasteiger partial charge in [-0.15, -0.1) is 0 Å². The van der Waals surface area contributed by atoms with Crippen LogP contribution in [0.5, 0.6) is 0 Å². The summed E-state index contributed by atoms with van der Waals surface area (Å²) < 4.78 is 39.9. The molecule has 0 unspecified atom stereocenters. The predicted octanol–water partition coefficient (Wildman–Crippen LogP) is 4.01. The number of carbonyl (C=O) groups is 1. The van der Waals surface area contributed by atoms with Gasteiger partial charge in [-0.05, 0) is 17.2 Å². The molecule has 2 aromatic rings. The largest absolute Gasteiger partial charge is 0.481 e. The van der Waals surface area contributed by atoms with Crippen LogP contribution in [-0.4, -0.2) is 29.1 Å². The molecule has 0 aromatic heterocycles. The minimum absolute atomic E-state index is 0.0676. The lowest BCUT2D eigenvalue weighted by molar-refractivity contribution is -0.143. The highest BCUT2D eigenvalue weighted by Gasteiger charge is 2.43. The topological polar surface area (TPSA) is 40.5 Å². The standard InChI is InChI=1S/C19H18F3NO2/c20-19(21,22)17-9-5-4-8-14(17)15-11-23(12-16(15)18(24)25)10-13-6-2-1-3-7-13/h1-9,15-16H,10-12H2,(H,24,25)/t15-,16+/m0/s1. The second-order valence-electron chi connectivity index (χ2n) is 6.32. The van der Waals surface area contributed by atoms with Crippen molar-refractivity contribution in [1.82, 2.24) is 4.90 Å². The van der Waals surface area contributed by atoms with Crippen LogP contribution < -0.4 is 0 Å². The first-order chi connectivity index (χ1) is 11.9.